The van der Waals surface area contributed by atoms with Gasteiger partial charge in [0.15, 0.2) is 5.96 Å². The number of hydrogen-bond donors (Lipinski definition) is 2. The van der Waals surface area contributed by atoms with Gasteiger partial charge in [0.05, 0.1) is 0 Å². The Kier molecular flexibility index (Phi) is 12.2. The number of piperazine rings is 1. The van der Waals surface area contributed by atoms with Gasteiger partial charge in [-0.3, -0.25) is 9.89 Å². The van der Waals surface area contributed by atoms with Crippen LogP contribution in [0.4, 0.5) is 0 Å². The summed E-state index contributed by atoms with van der Waals surface area (Å²) in [5.41, 5.74) is 0.385. The van der Waals surface area contributed by atoms with Crippen LogP contribution >= 0.6 is 24.0 Å². The lowest BCUT2D eigenvalue weighted by Gasteiger charge is -2.36. The summed E-state index contributed by atoms with van der Waals surface area (Å²) >= 11 is 0. The average molecular weight is 495 g/mol. The number of ether oxygens (including phenoxy) is 1. The molecule has 1 unspecified atom stereocenters. The van der Waals surface area contributed by atoms with Crippen LogP contribution < -0.4 is 10.6 Å². The van der Waals surface area contributed by atoms with E-state index < -0.39 is 0 Å². The van der Waals surface area contributed by atoms with Gasteiger partial charge in [0, 0.05) is 65.6 Å². The third-order valence-electron chi connectivity index (χ3n) is 6.23. The van der Waals surface area contributed by atoms with E-state index in [1.807, 2.05) is 7.05 Å². The smallest absolute Gasteiger partial charge is 0.191 e. The summed E-state index contributed by atoms with van der Waals surface area (Å²) in [6.45, 7) is 12.7. The number of halogens is 1. The van der Waals surface area contributed by atoms with Crippen molar-refractivity contribution in [1.82, 2.24) is 20.4 Å². The van der Waals surface area contributed by atoms with Crippen LogP contribution in [0.5, 0.6) is 0 Å². The number of aliphatic imine (C=N–C) groups is 1. The van der Waals surface area contributed by atoms with Gasteiger partial charge in [-0.2, -0.15) is 0 Å². The summed E-state index contributed by atoms with van der Waals surface area (Å²) in [6.07, 6.45) is 6.46. The number of guanidine groups is 1. The van der Waals surface area contributed by atoms with Crippen LogP contribution in [0.25, 0.3) is 0 Å². The van der Waals surface area contributed by atoms with Gasteiger partial charge in [-0.05, 0) is 45.6 Å². The molecule has 2 N–H and O–H groups in total. The van der Waals surface area contributed by atoms with E-state index in [4.69, 9.17) is 4.74 Å². The molecule has 0 radical (unpaired) electrons. The van der Waals surface area contributed by atoms with E-state index in [0.717, 1.165) is 51.8 Å². The molecule has 2 rings (SSSR count). The molecule has 1 aliphatic carbocycles. The summed E-state index contributed by atoms with van der Waals surface area (Å²) in [7, 11) is 4.08. The molecule has 7 heteroatoms. The van der Waals surface area contributed by atoms with Gasteiger partial charge in [0.1, 0.15) is 0 Å². The molecule has 2 fully saturated rings. The molecule has 0 amide bonds. The molecule has 0 aromatic heterocycles. The van der Waals surface area contributed by atoms with Crippen molar-refractivity contribution in [3.05, 3.63) is 0 Å². The first-order chi connectivity index (χ1) is 12.6. The molecule has 1 atom stereocenters. The van der Waals surface area contributed by atoms with Gasteiger partial charge in [-0.1, -0.05) is 12.8 Å². The van der Waals surface area contributed by atoms with E-state index >= 15 is 0 Å². The van der Waals surface area contributed by atoms with Crippen molar-refractivity contribution in [2.75, 3.05) is 66.6 Å². The van der Waals surface area contributed by atoms with Crippen LogP contribution in [-0.4, -0.2) is 88.4 Å². The highest BCUT2D eigenvalue weighted by molar-refractivity contribution is 14.0. The topological polar surface area (TPSA) is 52.1 Å². The molecule has 27 heavy (non-hydrogen) atoms. The number of rotatable bonds is 9. The first-order valence-corrected chi connectivity index (χ1v) is 10.5. The van der Waals surface area contributed by atoms with Crippen molar-refractivity contribution < 1.29 is 4.74 Å². The fourth-order valence-electron chi connectivity index (χ4n) is 4.20. The van der Waals surface area contributed by atoms with Crippen LogP contribution in [0.1, 0.15) is 46.0 Å². The van der Waals surface area contributed by atoms with Gasteiger partial charge in [-0.15, -0.1) is 24.0 Å². The average Bonchev–Trinajstić information content (AvgIpc) is 3.11. The predicted octanol–water partition coefficient (Wildman–Crippen LogP) is 2.39. The second kappa shape index (κ2) is 13.2. The quantitative estimate of drug-likeness (QED) is 0.223. The van der Waals surface area contributed by atoms with E-state index in [1.165, 1.54) is 38.8 Å². The largest absolute Gasteiger partial charge is 0.382 e. The molecule has 160 valence electrons. The van der Waals surface area contributed by atoms with Crippen molar-refractivity contribution in [2.45, 2.75) is 52.0 Å². The summed E-state index contributed by atoms with van der Waals surface area (Å²) < 4.78 is 5.62. The van der Waals surface area contributed by atoms with Gasteiger partial charge < -0.3 is 20.3 Å². The Bertz CT molecular complexity index is 421. The van der Waals surface area contributed by atoms with Crippen LogP contribution in [0.15, 0.2) is 4.99 Å². The first-order valence-electron chi connectivity index (χ1n) is 10.5. The summed E-state index contributed by atoms with van der Waals surface area (Å²) in [5, 5.41) is 7.14. The molecule has 1 heterocycles. The second-order valence-corrected chi connectivity index (χ2v) is 8.15. The third kappa shape index (κ3) is 8.41. The standard InChI is InChI=1S/C20H41N5O.HI/c1-5-26-15-10-20(8-6-7-9-20)17-23-19(21-3)22-16-18(2)25-13-11-24(4)12-14-25;/h18H,5-17H2,1-4H3,(H2,21,22,23);1H. The zero-order valence-corrected chi connectivity index (χ0v) is 20.3. The third-order valence-corrected chi connectivity index (χ3v) is 6.23. The predicted molar refractivity (Wildman–Crippen MR) is 125 cm³/mol. The Balaban J connectivity index is 0.00000364. The van der Waals surface area contributed by atoms with Crippen molar-refractivity contribution in [2.24, 2.45) is 10.4 Å². The number of nitrogens with one attached hydrogen (secondary N) is 2. The van der Waals surface area contributed by atoms with Crippen LogP contribution in [-0.2, 0) is 4.74 Å². The minimum atomic E-state index is 0. The van der Waals surface area contributed by atoms with E-state index in [2.05, 4.69) is 46.3 Å². The Morgan fingerprint density at radius 3 is 2.41 bits per heavy atom. The molecule has 0 bridgehead atoms. The summed E-state index contributed by atoms with van der Waals surface area (Å²) in [6, 6.07) is 0.528. The summed E-state index contributed by atoms with van der Waals surface area (Å²) in [5.74, 6) is 0.939. The second-order valence-electron chi connectivity index (χ2n) is 8.15. The molecule has 0 spiro atoms. The van der Waals surface area contributed by atoms with E-state index in [1.54, 1.807) is 0 Å². The maximum atomic E-state index is 5.62. The highest BCUT2D eigenvalue weighted by atomic mass is 127. The number of likely N-dealkylation sites (N-methyl/N-ethyl adjacent to an activating group) is 1. The minimum absolute atomic E-state index is 0. The lowest BCUT2D eigenvalue weighted by molar-refractivity contribution is 0.105. The molecule has 1 aliphatic heterocycles. The highest BCUT2D eigenvalue weighted by Gasteiger charge is 2.33. The van der Waals surface area contributed by atoms with Gasteiger partial charge >= 0.3 is 0 Å². The Morgan fingerprint density at radius 1 is 1.15 bits per heavy atom. The molecular weight excluding hydrogens is 453 g/mol. The molecular formula is C20H42IN5O. The fourth-order valence-corrected chi connectivity index (χ4v) is 4.20. The van der Waals surface area contributed by atoms with Gasteiger partial charge in [0.25, 0.3) is 0 Å². The van der Waals surface area contributed by atoms with E-state index in [9.17, 15) is 0 Å². The van der Waals surface area contributed by atoms with Crippen LogP contribution in [0.3, 0.4) is 0 Å². The maximum absolute atomic E-state index is 5.62. The van der Waals surface area contributed by atoms with Crippen molar-refractivity contribution in [3.8, 4) is 0 Å². The fraction of sp³-hybridized carbons (Fsp3) is 0.950. The monoisotopic (exact) mass is 495 g/mol. The Morgan fingerprint density at radius 2 is 1.81 bits per heavy atom. The number of hydrogen-bond acceptors (Lipinski definition) is 4. The Labute approximate surface area is 183 Å². The SMILES string of the molecule is CCOCCC1(CNC(=NC)NCC(C)N2CCN(C)CC2)CCCC1.I. The van der Waals surface area contributed by atoms with Crippen molar-refractivity contribution in [3.63, 3.8) is 0 Å². The Hall–Kier alpha value is -0.120. The van der Waals surface area contributed by atoms with Crippen molar-refractivity contribution in [1.29, 1.82) is 0 Å². The zero-order chi connectivity index (χ0) is 18.8. The molecule has 1 saturated carbocycles. The van der Waals surface area contributed by atoms with Crippen LogP contribution in [0.2, 0.25) is 0 Å². The molecule has 1 saturated heterocycles. The van der Waals surface area contributed by atoms with Crippen molar-refractivity contribution >= 4 is 29.9 Å². The van der Waals surface area contributed by atoms with Gasteiger partial charge in [-0.25, -0.2) is 0 Å². The zero-order valence-electron chi connectivity index (χ0n) is 17.9. The molecule has 0 aromatic carbocycles. The first kappa shape index (κ1) is 24.9. The lowest BCUT2D eigenvalue weighted by Crippen LogP contribution is -2.52. The molecule has 2 aliphatic rings. The minimum Gasteiger partial charge on any atom is -0.382 e. The normalized spacial score (nSPS) is 22.3. The lowest BCUT2D eigenvalue weighted by atomic mass is 9.83. The van der Waals surface area contributed by atoms with E-state index in [-0.39, 0.29) is 24.0 Å². The van der Waals surface area contributed by atoms with Gasteiger partial charge in [0.2, 0.25) is 0 Å². The van der Waals surface area contributed by atoms with E-state index in [0.29, 0.717) is 11.5 Å². The number of nitrogens with zero attached hydrogens (tertiary/aromatic N) is 3. The maximum Gasteiger partial charge on any atom is 0.191 e. The molecule has 0 aromatic rings. The highest BCUT2D eigenvalue weighted by Crippen LogP contribution is 2.40. The van der Waals surface area contributed by atoms with Crippen LogP contribution in [0, 0.1) is 5.41 Å². The summed E-state index contributed by atoms with van der Waals surface area (Å²) in [4.78, 5) is 9.42. The molecule has 6 nitrogen and oxygen atoms in total.